The Morgan fingerprint density at radius 1 is 1.10 bits per heavy atom. The van der Waals surface area contributed by atoms with E-state index in [9.17, 15) is 22.8 Å². The molecule has 3 aromatic rings. The molecule has 0 bridgehead atoms. The Morgan fingerprint density at radius 3 is 2.42 bits per heavy atom. The van der Waals surface area contributed by atoms with E-state index < -0.39 is 29.2 Å². The van der Waals surface area contributed by atoms with Crippen molar-refractivity contribution < 1.29 is 22.8 Å². The number of amides is 2. The molecule has 0 saturated carbocycles. The van der Waals surface area contributed by atoms with Crippen molar-refractivity contribution in [2.75, 3.05) is 5.32 Å². The summed E-state index contributed by atoms with van der Waals surface area (Å²) in [5, 5.41) is 8.93. The number of benzene rings is 2. The van der Waals surface area contributed by atoms with Crippen LogP contribution in [0, 0.1) is 6.92 Å². The molecule has 6 nitrogen and oxygen atoms in total. The third kappa shape index (κ3) is 5.05. The van der Waals surface area contributed by atoms with Crippen LogP contribution in [0.3, 0.4) is 0 Å². The second kappa shape index (κ2) is 8.81. The van der Waals surface area contributed by atoms with E-state index in [2.05, 4.69) is 15.7 Å². The highest BCUT2D eigenvalue weighted by Gasteiger charge is 2.40. The number of nitrogens with one attached hydrogen (secondary N) is 2. The number of carbonyl (C=O) groups excluding carboxylic acids is 2. The van der Waals surface area contributed by atoms with Crippen molar-refractivity contribution in [2.45, 2.75) is 19.6 Å². The molecule has 0 unspecified atom stereocenters. The summed E-state index contributed by atoms with van der Waals surface area (Å²) in [6.45, 7) is 1.44. The summed E-state index contributed by atoms with van der Waals surface area (Å²) < 4.78 is 41.0. The number of rotatable bonds is 5. The molecule has 2 amide bonds. The van der Waals surface area contributed by atoms with Crippen LogP contribution in [-0.4, -0.2) is 21.6 Å². The van der Waals surface area contributed by atoms with Crippen LogP contribution in [0.1, 0.15) is 37.7 Å². The Hall–Kier alpha value is -3.33. The number of hydrogen-bond acceptors (Lipinski definition) is 3. The van der Waals surface area contributed by atoms with Crippen LogP contribution in [-0.2, 0) is 19.8 Å². The van der Waals surface area contributed by atoms with Gasteiger partial charge < -0.3 is 10.6 Å². The largest absolute Gasteiger partial charge is 0.420 e. The zero-order valence-electron chi connectivity index (χ0n) is 16.5. The van der Waals surface area contributed by atoms with Gasteiger partial charge in [0.15, 0.2) is 0 Å². The highest BCUT2D eigenvalue weighted by molar-refractivity contribution is 6.34. The summed E-state index contributed by atoms with van der Waals surface area (Å²) >= 11 is 6.10. The lowest BCUT2D eigenvalue weighted by molar-refractivity contribution is -0.138. The van der Waals surface area contributed by atoms with Gasteiger partial charge in [0.25, 0.3) is 11.8 Å². The van der Waals surface area contributed by atoms with Crippen molar-refractivity contribution in [1.29, 1.82) is 0 Å². The first-order valence-corrected chi connectivity index (χ1v) is 9.49. The number of hydrogen-bond donors (Lipinski definition) is 2. The molecule has 3 rings (SSSR count). The second-order valence-corrected chi connectivity index (χ2v) is 7.15. The molecule has 0 aliphatic rings. The Kier molecular flexibility index (Phi) is 6.35. The van der Waals surface area contributed by atoms with Gasteiger partial charge in [0.1, 0.15) is 11.3 Å². The average Bonchev–Trinajstić information content (AvgIpc) is 3.02. The van der Waals surface area contributed by atoms with E-state index in [1.165, 1.54) is 32.2 Å². The van der Waals surface area contributed by atoms with E-state index in [1.807, 2.05) is 30.3 Å². The van der Waals surface area contributed by atoms with E-state index in [4.69, 9.17) is 11.6 Å². The van der Waals surface area contributed by atoms with Crippen molar-refractivity contribution >= 4 is 29.1 Å². The van der Waals surface area contributed by atoms with Gasteiger partial charge in [-0.25, -0.2) is 0 Å². The Morgan fingerprint density at radius 2 is 1.77 bits per heavy atom. The van der Waals surface area contributed by atoms with Crippen LogP contribution in [0.2, 0.25) is 5.02 Å². The molecular formula is C21H18ClF3N4O2. The zero-order valence-corrected chi connectivity index (χ0v) is 17.3. The molecule has 0 radical (unpaired) electrons. The van der Waals surface area contributed by atoms with Gasteiger partial charge in [0.2, 0.25) is 0 Å². The van der Waals surface area contributed by atoms with Gasteiger partial charge in [0, 0.05) is 19.3 Å². The molecule has 0 saturated heterocycles. The van der Waals surface area contributed by atoms with Gasteiger partial charge in [-0.1, -0.05) is 41.9 Å². The molecule has 0 aliphatic heterocycles. The summed E-state index contributed by atoms with van der Waals surface area (Å²) in [6, 6.07) is 13.3. The van der Waals surface area contributed by atoms with E-state index in [-0.39, 0.29) is 28.5 Å². The average molecular weight is 451 g/mol. The maximum absolute atomic E-state index is 13.4. The zero-order chi connectivity index (χ0) is 22.8. The number of alkyl halides is 3. The van der Waals surface area contributed by atoms with Crippen LogP contribution in [0.15, 0.2) is 48.5 Å². The van der Waals surface area contributed by atoms with Gasteiger partial charge in [-0.3, -0.25) is 14.3 Å². The maximum atomic E-state index is 13.4. The van der Waals surface area contributed by atoms with E-state index in [0.717, 1.165) is 10.2 Å². The van der Waals surface area contributed by atoms with Crippen molar-refractivity contribution in [2.24, 2.45) is 7.05 Å². The fourth-order valence-electron chi connectivity index (χ4n) is 3.10. The van der Waals surface area contributed by atoms with Crippen molar-refractivity contribution in [3.8, 4) is 0 Å². The summed E-state index contributed by atoms with van der Waals surface area (Å²) in [4.78, 5) is 25.1. The number of halogens is 4. The van der Waals surface area contributed by atoms with Crippen LogP contribution in [0.5, 0.6) is 0 Å². The molecule has 2 N–H and O–H groups in total. The topological polar surface area (TPSA) is 76.0 Å². The summed E-state index contributed by atoms with van der Waals surface area (Å²) in [5.41, 5.74) is -0.976. The Bertz CT molecular complexity index is 1130. The third-order valence-corrected chi connectivity index (χ3v) is 4.82. The molecule has 1 aromatic heterocycles. The van der Waals surface area contributed by atoms with E-state index >= 15 is 0 Å². The van der Waals surface area contributed by atoms with Crippen LogP contribution in [0.25, 0.3) is 0 Å². The second-order valence-electron chi connectivity index (χ2n) is 6.75. The third-order valence-electron chi connectivity index (χ3n) is 4.49. The number of carbonyl (C=O) groups is 2. The van der Waals surface area contributed by atoms with Crippen molar-refractivity contribution in [3.05, 3.63) is 81.6 Å². The minimum atomic E-state index is -4.74. The molecule has 10 heteroatoms. The molecule has 0 fully saturated rings. The fraction of sp³-hybridized carbons (Fsp3) is 0.190. The van der Waals surface area contributed by atoms with Crippen LogP contribution in [0.4, 0.5) is 18.9 Å². The van der Waals surface area contributed by atoms with Crippen molar-refractivity contribution in [3.63, 3.8) is 0 Å². The highest BCUT2D eigenvalue weighted by atomic mass is 35.5. The van der Waals surface area contributed by atoms with Crippen molar-refractivity contribution in [1.82, 2.24) is 15.1 Å². The summed E-state index contributed by atoms with van der Waals surface area (Å²) in [6.07, 6.45) is -4.74. The lowest BCUT2D eigenvalue weighted by Crippen LogP contribution is -2.24. The molecule has 2 aromatic carbocycles. The normalized spacial score (nSPS) is 11.3. The standard InChI is InChI=1S/C21H18ClF3N4O2/c1-12-17(21(23,24)25)18(29(2)28-12)20(31)27-14-8-9-16(22)15(10-14)19(30)26-11-13-6-4-3-5-7-13/h3-10H,11H2,1-2H3,(H,26,30)(H,27,31). The molecule has 0 aliphatic carbocycles. The quantitative estimate of drug-likeness (QED) is 0.597. The summed E-state index contributed by atoms with van der Waals surface area (Å²) in [5.74, 6) is -1.49. The maximum Gasteiger partial charge on any atom is 0.420 e. The minimum Gasteiger partial charge on any atom is -0.348 e. The van der Waals surface area contributed by atoms with Crippen LogP contribution >= 0.6 is 11.6 Å². The lowest BCUT2D eigenvalue weighted by Gasteiger charge is -2.12. The Balaban J connectivity index is 1.81. The molecule has 0 spiro atoms. The van der Waals surface area contributed by atoms with E-state index in [0.29, 0.717) is 0 Å². The number of nitrogens with zero attached hydrogens (tertiary/aromatic N) is 2. The van der Waals surface area contributed by atoms with Gasteiger partial charge in [0.05, 0.1) is 16.3 Å². The van der Waals surface area contributed by atoms with Crippen LogP contribution < -0.4 is 10.6 Å². The molecule has 0 atom stereocenters. The predicted octanol–water partition coefficient (Wildman–Crippen LogP) is 4.58. The molecule has 162 valence electrons. The molecular weight excluding hydrogens is 433 g/mol. The monoisotopic (exact) mass is 450 g/mol. The lowest BCUT2D eigenvalue weighted by atomic mass is 10.1. The molecule has 1 heterocycles. The smallest absolute Gasteiger partial charge is 0.348 e. The first-order valence-electron chi connectivity index (χ1n) is 9.11. The number of anilines is 1. The van der Waals surface area contributed by atoms with Gasteiger partial charge >= 0.3 is 6.18 Å². The first kappa shape index (κ1) is 22.4. The minimum absolute atomic E-state index is 0.0765. The molecule has 31 heavy (non-hydrogen) atoms. The SMILES string of the molecule is Cc1nn(C)c(C(=O)Nc2ccc(Cl)c(C(=O)NCc3ccccc3)c2)c1C(F)(F)F. The van der Waals surface area contributed by atoms with E-state index in [1.54, 1.807) is 0 Å². The fourth-order valence-corrected chi connectivity index (χ4v) is 3.30. The first-order chi connectivity index (χ1) is 14.6. The van der Waals surface area contributed by atoms with Gasteiger partial charge in [-0.2, -0.15) is 18.3 Å². The summed E-state index contributed by atoms with van der Waals surface area (Å²) in [7, 11) is 1.25. The van der Waals surface area contributed by atoms with Gasteiger partial charge in [-0.15, -0.1) is 0 Å². The number of aryl methyl sites for hydroxylation is 2. The highest BCUT2D eigenvalue weighted by Crippen LogP contribution is 2.34. The predicted molar refractivity (Wildman–Crippen MR) is 110 cm³/mol. The number of aromatic nitrogens is 2. The van der Waals surface area contributed by atoms with Gasteiger partial charge in [-0.05, 0) is 30.7 Å². The Labute approximate surface area is 181 Å².